The van der Waals surface area contributed by atoms with Crippen LogP contribution in [0.5, 0.6) is 11.5 Å². The van der Waals surface area contributed by atoms with Crippen LogP contribution in [-0.4, -0.2) is 49.9 Å². The van der Waals surface area contributed by atoms with Crippen molar-refractivity contribution in [2.75, 3.05) is 39.6 Å². The molecule has 216 valence electrons. The van der Waals surface area contributed by atoms with Crippen LogP contribution >= 0.6 is 0 Å². The van der Waals surface area contributed by atoms with Crippen LogP contribution in [0.2, 0.25) is 0 Å². The third kappa shape index (κ3) is 6.25. The van der Waals surface area contributed by atoms with Gasteiger partial charge < -0.3 is 24.4 Å². The van der Waals surface area contributed by atoms with Crippen molar-refractivity contribution in [3.63, 3.8) is 0 Å². The second-order valence-electron chi connectivity index (χ2n) is 10.2. The van der Waals surface area contributed by atoms with E-state index in [9.17, 15) is 5.11 Å². The van der Waals surface area contributed by atoms with Crippen molar-refractivity contribution >= 4 is 21.5 Å². The molecule has 6 aromatic carbocycles. The summed E-state index contributed by atoms with van der Waals surface area (Å²) in [4.78, 5) is 0. The molecule has 0 fully saturated rings. The van der Waals surface area contributed by atoms with Crippen LogP contribution < -0.4 is 9.47 Å². The number of fused-ring (bicyclic) bond motifs is 2. The zero-order valence-electron chi connectivity index (χ0n) is 23.9. The minimum Gasteiger partial charge on any atom is -0.491 e. The lowest BCUT2D eigenvalue weighted by molar-refractivity contribution is 0.0706. The molecule has 0 saturated heterocycles. The van der Waals surface area contributed by atoms with Gasteiger partial charge in [-0.3, -0.25) is 0 Å². The molecule has 0 amide bonds. The number of ether oxygens (including phenoxy) is 3. The number of hydrogen-bond acceptors (Lipinski definition) is 5. The SMILES string of the molecule is OCCOCCOc1ccc2cc(-c3ccccc3)ccc2c1-c1c(OCCO)ccc2cc(-c3ccccc3)ccc12. The van der Waals surface area contributed by atoms with Crippen molar-refractivity contribution in [1.82, 2.24) is 0 Å². The summed E-state index contributed by atoms with van der Waals surface area (Å²) < 4.78 is 18.0. The zero-order valence-corrected chi connectivity index (χ0v) is 23.9. The molecule has 2 N–H and O–H groups in total. The Kier molecular flexibility index (Phi) is 8.95. The van der Waals surface area contributed by atoms with Gasteiger partial charge in [0, 0.05) is 11.1 Å². The Morgan fingerprint density at radius 1 is 0.419 bits per heavy atom. The van der Waals surface area contributed by atoms with E-state index in [2.05, 4.69) is 72.8 Å². The fourth-order valence-electron chi connectivity index (χ4n) is 5.53. The van der Waals surface area contributed by atoms with Gasteiger partial charge in [-0.2, -0.15) is 0 Å². The van der Waals surface area contributed by atoms with Crippen LogP contribution in [0.4, 0.5) is 0 Å². The minimum atomic E-state index is -0.0913. The number of hydrogen-bond donors (Lipinski definition) is 2. The maximum Gasteiger partial charge on any atom is 0.128 e. The highest BCUT2D eigenvalue weighted by molar-refractivity contribution is 6.11. The largest absolute Gasteiger partial charge is 0.491 e. The van der Waals surface area contributed by atoms with E-state index in [1.54, 1.807) is 0 Å². The quantitative estimate of drug-likeness (QED) is 0.147. The fraction of sp³-hybridized carbons (Fsp3) is 0.158. The standard InChI is InChI=1S/C38H34O5/c39-19-21-41-23-24-43-36-18-14-32-26-30(28-9-5-2-6-10-28)12-16-34(32)38(36)37-33-15-11-29(27-7-3-1-4-8-27)25-31(33)13-17-35(37)42-22-20-40/h1-18,25-26,39-40H,19-24H2. The van der Waals surface area contributed by atoms with Gasteiger partial charge in [0.25, 0.3) is 0 Å². The molecule has 5 heteroatoms. The van der Waals surface area contributed by atoms with Gasteiger partial charge in [0.1, 0.15) is 24.7 Å². The van der Waals surface area contributed by atoms with E-state index in [0.717, 1.165) is 54.9 Å². The summed E-state index contributed by atoms with van der Waals surface area (Å²) in [6.07, 6.45) is 0. The summed E-state index contributed by atoms with van der Waals surface area (Å²) in [5.74, 6) is 1.39. The maximum atomic E-state index is 9.64. The maximum absolute atomic E-state index is 9.64. The lowest BCUT2D eigenvalue weighted by Crippen LogP contribution is -2.10. The average Bonchev–Trinajstić information content (AvgIpc) is 3.07. The van der Waals surface area contributed by atoms with Crippen LogP contribution in [0.3, 0.4) is 0 Å². The zero-order chi connectivity index (χ0) is 29.4. The van der Waals surface area contributed by atoms with Gasteiger partial charge in [0.05, 0.1) is 26.4 Å². The molecule has 0 aliphatic carbocycles. The summed E-state index contributed by atoms with van der Waals surface area (Å²) in [5.41, 5.74) is 6.40. The molecule has 0 aliphatic heterocycles. The van der Waals surface area contributed by atoms with Crippen LogP contribution in [-0.2, 0) is 4.74 Å². The van der Waals surface area contributed by atoms with Crippen molar-refractivity contribution in [2.24, 2.45) is 0 Å². The molecule has 43 heavy (non-hydrogen) atoms. The molecule has 0 aromatic heterocycles. The summed E-state index contributed by atoms with van der Waals surface area (Å²) in [6.45, 7) is 1.01. The van der Waals surface area contributed by atoms with E-state index in [1.165, 1.54) is 0 Å². The summed E-state index contributed by atoms with van der Waals surface area (Å²) in [5, 5.41) is 22.9. The molecule has 0 atom stereocenters. The van der Waals surface area contributed by atoms with Gasteiger partial charge in [-0.25, -0.2) is 0 Å². The molecule has 5 nitrogen and oxygen atoms in total. The van der Waals surface area contributed by atoms with E-state index >= 15 is 0 Å². The highest BCUT2D eigenvalue weighted by Crippen LogP contribution is 2.46. The van der Waals surface area contributed by atoms with E-state index in [-0.39, 0.29) is 26.4 Å². The van der Waals surface area contributed by atoms with E-state index in [0.29, 0.717) is 24.7 Å². The molecule has 6 rings (SSSR count). The first kappa shape index (κ1) is 28.4. The number of rotatable bonds is 12. The van der Waals surface area contributed by atoms with E-state index < -0.39 is 0 Å². The molecule has 0 radical (unpaired) electrons. The molecule has 0 spiro atoms. The fourth-order valence-corrected chi connectivity index (χ4v) is 5.53. The molecular weight excluding hydrogens is 536 g/mol. The molecule has 0 unspecified atom stereocenters. The van der Waals surface area contributed by atoms with E-state index in [1.807, 2.05) is 48.5 Å². The van der Waals surface area contributed by atoms with Crippen molar-refractivity contribution in [3.8, 4) is 44.9 Å². The lowest BCUT2D eigenvalue weighted by atomic mass is 9.90. The molecule has 6 aromatic rings. The third-order valence-electron chi connectivity index (χ3n) is 7.50. The van der Waals surface area contributed by atoms with Gasteiger partial charge in [0.15, 0.2) is 0 Å². The first-order chi connectivity index (χ1) is 21.3. The normalized spacial score (nSPS) is 11.2. The Labute approximate surface area is 251 Å². The van der Waals surface area contributed by atoms with Crippen molar-refractivity contribution in [3.05, 3.63) is 121 Å². The third-order valence-corrected chi connectivity index (χ3v) is 7.50. The molecule has 0 aliphatic rings. The summed E-state index contributed by atoms with van der Waals surface area (Å²) in [7, 11) is 0. The smallest absolute Gasteiger partial charge is 0.128 e. The molecule has 0 saturated carbocycles. The first-order valence-corrected chi connectivity index (χ1v) is 14.6. The van der Waals surface area contributed by atoms with Gasteiger partial charge in [0.2, 0.25) is 0 Å². The Morgan fingerprint density at radius 2 is 0.907 bits per heavy atom. The van der Waals surface area contributed by atoms with Crippen molar-refractivity contribution < 1.29 is 24.4 Å². The minimum absolute atomic E-state index is 0.0303. The summed E-state index contributed by atoms with van der Waals surface area (Å²) >= 11 is 0. The van der Waals surface area contributed by atoms with Crippen LogP contribution in [0, 0.1) is 0 Å². The van der Waals surface area contributed by atoms with Crippen molar-refractivity contribution in [2.45, 2.75) is 0 Å². The Bertz CT molecular complexity index is 1820. The number of benzene rings is 6. The van der Waals surface area contributed by atoms with E-state index in [4.69, 9.17) is 19.3 Å². The first-order valence-electron chi connectivity index (χ1n) is 14.6. The highest BCUT2D eigenvalue weighted by atomic mass is 16.5. The predicted octanol–water partition coefficient (Wildman–Crippen LogP) is 7.75. The van der Waals surface area contributed by atoms with Gasteiger partial charge >= 0.3 is 0 Å². The average molecular weight is 571 g/mol. The molecule has 0 bridgehead atoms. The second kappa shape index (κ2) is 13.5. The van der Waals surface area contributed by atoms with Gasteiger partial charge in [-0.05, 0) is 68.1 Å². The Balaban J connectivity index is 1.55. The predicted molar refractivity (Wildman–Crippen MR) is 174 cm³/mol. The van der Waals surface area contributed by atoms with Crippen LogP contribution in [0.1, 0.15) is 0 Å². The number of aliphatic hydroxyl groups is 2. The second-order valence-corrected chi connectivity index (χ2v) is 10.2. The Morgan fingerprint density at radius 3 is 1.40 bits per heavy atom. The number of aliphatic hydroxyl groups excluding tert-OH is 2. The van der Waals surface area contributed by atoms with Crippen LogP contribution in [0.15, 0.2) is 121 Å². The highest BCUT2D eigenvalue weighted by Gasteiger charge is 2.20. The summed E-state index contributed by atoms with van der Waals surface area (Å²) in [6, 6.07) is 41.8. The van der Waals surface area contributed by atoms with Gasteiger partial charge in [-0.1, -0.05) is 97.1 Å². The molecular formula is C38H34O5. The topological polar surface area (TPSA) is 68.2 Å². The van der Waals surface area contributed by atoms with Crippen molar-refractivity contribution in [1.29, 1.82) is 0 Å². The van der Waals surface area contributed by atoms with Gasteiger partial charge in [-0.15, -0.1) is 0 Å². The molecule has 0 heterocycles. The monoisotopic (exact) mass is 570 g/mol. The lowest BCUT2D eigenvalue weighted by Gasteiger charge is -2.20. The van der Waals surface area contributed by atoms with Crippen LogP contribution in [0.25, 0.3) is 54.9 Å². The Hall–Kier alpha value is -4.68.